The molecule has 0 aliphatic heterocycles. The van der Waals surface area contributed by atoms with Crippen molar-refractivity contribution in [3.05, 3.63) is 52.0 Å². The lowest BCUT2D eigenvalue weighted by atomic mass is 10.2. The fourth-order valence-corrected chi connectivity index (χ4v) is 2.75. The molecule has 0 saturated heterocycles. The van der Waals surface area contributed by atoms with Gasteiger partial charge in [-0.15, -0.1) is 0 Å². The summed E-state index contributed by atoms with van der Waals surface area (Å²) in [4.78, 5) is 9.27. The molecule has 3 nitrogen and oxygen atoms in total. The predicted molar refractivity (Wildman–Crippen MR) is 91.8 cm³/mol. The van der Waals surface area contributed by atoms with E-state index in [9.17, 15) is 0 Å². The van der Waals surface area contributed by atoms with Crippen LogP contribution in [0.15, 0.2) is 46.9 Å². The third-order valence-corrected chi connectivity index (χ3v) is 3.94. The van der Waals surface area contributed by atoms with Crippen LogP contribution in [0, 0.1) is 0 Å². The molecule has 0 fully saturated rings. The van der Waals surface area contributed by atoms with Gasteiger partial charge < -0.3 is 5.32 Å². The average Bonchev–Trinajstić information content (AvgIpc) is 2.48. The molecule has 21 heavy (non-hydrogen) atoms. The van der Waals surface area contributed by atoms with Crippen LogP contribution in [-0.2, 0) is 0 Å². The number of aromatic nitrogens is 2. The van der Waals surface area contributed by atoms with E-state index in [1.54, 1.807) is 0 Å². The summed E-state index contributed by atoms with van der Waals surface area (Å²) in [7, 11) is 0. The molecule has 1 N–H and O–H groups in total. The standard InChI is InChI=1S/C16H13BrClN3/c1-2-19-15-12-9-10(17)7-8-14(12)20-16(21-15)11-5-3-4-6-13(11)18/h3-9H,2H2,1H3,(H,19,20,21). The first-order chi connectivity index (χ1) is 10.2. The Morgan fingerprint density at radius 3 is 2.71 bits per heavy atom. The minimum Gasteiger partial charge on any atom is -0.370 e. The number of benzene rings is 2. The fourth-order valence-electron chi connectivity index (χ4n) is 2.17. The molecule has 0 saturated carbocycles. The van der Waals surface area contributed by atoms with Gasteiger partial charge >= 0.3 is 0 Å². The Morgan fingerprint density at radius 2 is 1.95 bits per heavy atom. The van der Waals surface area contributed by atoms with Crippen molar-refractivity contribution in [3.63, 3.8) is 0 Å². The van der Waals surface area contributed by atoms with Gasteiger partial charge in [-0.1, -0.05) is 39.7 Å². The molecule has 0 bridgehead atoms. The largest absolute Gasteiger partial charge is 0.370 e. The maximum atomic E-state index is 6.26. The van der Waals surface area contributed by atoms with Crippen molar-refractivity contribution in [2.45, 2.75) is 6.92 Å². The maximum Gasteiger partial charge on any atom is 0.163 e. The van der Waals surface area contributed by atoms with Crippen molar-refractivity contribution < 1.29 is 0 Å². The molecule has 0 atom stereocenters. The molecule has 0 spiro atoms. The second-order valence-electron chi connectivity index (χ2n) is 4.57. The third-order valence-electron chi connectivity index (χ3n) is 3.12. The molecule has 0 aliphatic rings. The lowest BCUT2D eigenvalue weighted by Crippen LogP contribution is -2.03. The van der Waals surface area contributed by atoms with Gasteiger partial charge in [-0.2, -0.15) is 0 Å². The lowest BCUT2D eigenvalue weighted by Gasteiger charge is -2.10. The van der Waals surface area contributed by atoms with E-state index in [-0.39, 0.29) is 0 Å². The Hall–Kier alpha value is -1.65. The van der Waals surface area contributed by atoms with E-state index in [1.165, 1.54) is 0 Å². The predicted octanol–water partition coefficient (Wildman–Crippen LogP) is 5.14. The van der Waals surface area contributed by atoms with Gasteiger partial charge in [0.15, 0.2) is 5.82 Å². The van der Waals surface area contributed by atoms with E-state index >= 15 is 0 Å². The van der Waals surface area contributed by atoms with E-state index in [0.29, 0.717) is 10.8 Å². The smallest absolute Gasteiger partial charge is 0.163 e. The van der Waals surface area contributed by atoms with Crippen molar-refractivity contribution >= 4 is 44.3 Å². The van der Waals surface area contributed by atoms with E-state index < -0.39 is 0 Å². The number of fused-ring (bicyclic) bond motifs is 1. The third kappa shape index (κ3) is 2.87. The van der Waals surface area contributed by atoms with Gasteiger partial charge in [0.1, 0.15) is 5.82 Å². The molecular formula is C16H13BrClN3. The number of rotatable bonds is 3. The number of halogens is 2. The Kier molecular flexibility index (Phi) is 4.08. The average molecular weight is 363 g/mol. The molecule has 2 aromatic carbocycles. The van der Waals surface area contributed by atoms with Crippen LogP contribution in [0.5, 0.6) is 0 Å². The van der Waals surface area contributed by atoms with Crippen LogP contribution in [0.4, 0.5) is 5.82 Å². The van der Waals surface area contributed by atoms with Crippen LogP contribution in [-0.4, -0.2) is 16.5 Å². The summed E-state index contributed by atoms with van der Waals surface area (Å²) in [5.41, 5.74) is 1.72. The van der Waals surface area contributed by atoms with Gasteiger partial charge in [0, 0.05) is 22.0 Å². The molecule has 0 amide bonds. The van der Waals surface area contributed by atoms with Crippen molar-refractivity contribution in [1.82, 2.24) is 9.97 Å². The van der Waals surface area contributed by atoms with Gasteiger partial charge in [0.05, 0.1) is 10.5 Å². The summed E-state index contributed by atoms with van der Waals surface area (Å²) in [5.74, 6) is 1.45. The molecule has 3 rings (SSSR count). The van der Waals surface area contributed by atoms with Gasteiger partial charge in [0.2, 0.25) is 0 Å². The van der Waals surface area contributed by atoms with Gasteiger partial charge in [-0.25, -0.2) is 9.97 Å². The first kappa shape index (κ1) is 14.3. The first-order valence-electron chi connectivity index (χ1n) is 6.65. The molecule has 3 aromatic rings. The Morgan fingerprint density at radius 1 is 1.14 bits per heavy atom. The van der Waals surface area contributed by atoms with E-state index in [4.69, 9.17) is 11.6 Å². The molecule has 1 heterocycles. The summed E-state index contributed by atoms with van der Waals surface area (Å²) in [6.07, 6.45) is 0. The van der Waals surface area contributed by atoms with Crippen LogP contribution >= 0.6 is 27.5 Å². The van der Waals surface area contributed by atoms with Crippen molar-refractivity contribution in [2.75, 3.05) is 11.9 Å². The van der Waals surface area contributed by atoms with E-state index in [1.807, 2.05) is 49.4 Å². The Balaban J connectivity index is 2.26. The SMILES string of the molecule is CCNc1nc(-c2ccccc2Cl)nc2ccc(Br)cc12. The van der Waals surface area contributed by atoms with Crippen molar-refractivity contribution in [1.29, 1.82) is 0 Å². The zero-order valence-corrected chi connectivity index (χ0v) is 13.7. The molecule has 106 valence electrons. The minimum atomic E-state index is 0.631. The summed E-state index contributed by atoms with van der Waals surface area (Å²) in [6, 6.07) is 13.6. The summed E-state index contributed by atoms with van der Waals surface area (Å²) in [6.45, 7) is 2.84. The van der Waals surface area contributed by atoms with Gasteiger partial charge in [-0.3, -0.25) is 0 Å². The summed E-state index contributed by atoms with van der Waals surface area (Å²) >= 11 is 9.74. The second kappa shape index (κ2) is 6.00. The Bertz CT molecular complexity index is 805. The molecule has 0 unspecified atom stereocenters. The first-order valence-corrected chi connectivity index (χ1v) is 7.82. The molecule has 0 aliphatic carbocycles. The molecule has 1 aromatic heterocycles. The molecule has 0 radical (unpaired) electrons. The highest BCUT2D eigenvalue weighted by Gasteiger charge is 2.11. The number of nitrogens with one attached hydrogen (secondary N) is 1. The van der Waals surface area contributed by atoms with Crippen LogP contribution in [0.2, 0.25) is 5.02 Å². The van der Waals surface area contributed by atoms with Gasteiger partial charge in [0.25, 0.3) is 0 Å². The highest BCUT2D eigenvalue weighted by molar-refractivity contribution is 9.10. The van der Waals surface area contributed by atoms with Crippen LogP contribution in [0.3, 0.4) is 0 Å². The topological polar surface area (TPSA) is 37.8 Å². The maximum absolute atomic E-state index is 6.26. The number of nitrogens with zero attached hydrogens (tertiary/aromatic N) is 2. The molecule has 5 heteroatoms. The number of anilines is 1. The molecular weight excluding hydrogens is 350 g/mol. The quantitative estimate of drug-likeness (QED) is 0.700. The van der Waals surface area contributed by atoms with Gasteiger partial charge in [-0.05, 0) is 37.3 Å². The van der Waals surface area contributed by atoms with Crippen LogP contribution in [0.1, 0.15) is 6.92 Å². The summed E-state index contributed by atoms with van der Waals surface area (Å²) < 4.78 is 1.00. The highest BCUT2D eigenvalue weighted by atomic mass is 79.9. The number of hydrogen-bond donors (Lipinski definition) is 1. The van der Waals surface area contributed by atoms with E-state index in [2.05, 4.69) is 31.2 Å². The zero-order chi connectivity index (χ0) is 14.8. The number of hydrogen-bond acceptors (Lipinski definition) is 3. The van der Waals surface area contributed by atoms with Crippen molar-refractivity contribution in [2.24, 2.45) is 0 Å². The zero-order valence-electron chi connectivity index (χ0n) is 11.4. The fraction of sp³-hybridized carbons (Fsp3) is 0.125. The van der Waals surface area contributed by atoms with E-state index in [0.717, 1.165) is 33.3 Å². The lowest BCUT2D eigenvalue weighted by molar-refractivity contribution is 1.14. The normalized spacial score (nSPS) is 10.8. The van der Waals surface area contributed by atoms with Crippen LogP contribution in [0.25, 0.3) is 22.3 Å². The van der Waals surface area contributed by atoms with Crippen molar-refractivity contribution in [3.8, 4) is 11.4 Å². The Labute approximate surface area is 136 Å². The monoisotopic (exact) mass is 361 g/mol. The highest BCUT2D eigenvalue weighted by Crippen LogP contribution is 2.30. The van der Waals surface area contributed by atoms with Crippen LogP contribution < -0.4 is 5.32 Å². The minimum absolute atomic E-state index is 0.631. The summed E-state index contributed by atoms with van der Waals surface area (Å²) in [5, 5.41) is 4.93. The second-order valence-corrected chi connectivity index (χ2v) is 5.89.